The van der Waals surface area contributed by atoms with Gasteiger partial charge in [0.1, 0.15) is 0 Å². The third-order valence-electron chi connectivity index (χ3n) is 3.88. The Morgan fingerprint density at radius 1 is 1.15 bits per heavy atom. The lowest BCUT2D eigenvalue weighted by Crippen LogP contribution is -2.36. The fourth-order valence-corrected chi connectivity index (χ4v) is 2.71. The summed E-state index contributed by atoms with van der Waals surface area (Å²) >= 11 is 0. The predicted molar refractivity (Wildman–Crippen MR) is 99.1 cm³/mol. The Morgan fingerprint density at radius 2 is 1.92 bits per heavy atom. The Labute approximate surface area is 152 Å². The fraction of sp³-hybridized carbons (Fsp3) is 0.333. The van der Waals surface area contributed by atoms with Gasteiger partial charge in [0.15, 0.2) is 11.8 Å². The highest BCUT2D eigenvalue weighted by atomic mass is 16.5. The third-order valence-corrected chi connectivity index (χ3v) is 3.88. The van der Waals surface area contributed by atoms with E-state index >= 15 is 0 Å². The van der Waals surface area contributed by atoms with Crippen LogP contribution >= 0.6 is 0 Å². The molecule has 0 fully saturated rings. The molecule has 0 radical (unpaired) electrons. The second kappa shape index (κ2) is 7.81. The molecule has 0 spiro atoms. The van der Waals surface area contributed by atoms with Gasteiger partial charge in [0.2, 0.25) is 5.89 Å². The molecule has 3 rings (SSSR count). The standard InChI is InChI=1S/C18H23N7O/c1-12-9-13(2)25(23-12)16-8-6-5-7-15(16)10-20-18(19-4)21-11-17-22-14(3)24-26-17/h5-9H,10-11H2,1-4H3,(H2,19,20,21). The number of benzene rings is 1. The third kappa shape index (κ3) is 4.08. The summed E-state index contributed by atoms with van der Waals surface area (Å²) in [6.07, 6.45) is 0. The molecular formula is C18H23N7O. The topological polar surface area (TPSA) is 93.2 Å². The van der Waals surface area contributed by atoms with Crippen molar-refractivity contribution in [2.75, 3.05) is 7.05 Å². The van der Waals surface area contributed by atoms with Crippen LogP contribution in [0.4, 0.5) is 0 Å². The smallest absolute Gasteiger partial charge is 0.246 e. The Kier molecular flexibility index (Phi) is 5.31. The number of rotatable bonds is 5. The molecule has 0 aliphatic rings. The summed E-state index contributed by atoms with van der Waals surface area (Å²) in [5.74, 6) is 1.79. The van der Waals surface area contributed by atoms with E-state index in [4.69, 9.17) is 4.52 Å². The Bertz CT molecular complexity index is 910. The average Bonchev–Trinajstić information content (AvgIpc) is 3.20. The molecule has 8 nitrogen and oxygen atoms in total. The maximum atomic E-state index is 5.10. The fourth-order valence-electron chi connectivity index (χ4n) is 2.71. The number of guanidine groups is 1. The molecule has 136 valence electrons. The molecule has 0 saturated heterocycles. The van der Waals surface area contributed by atoms with Crippen molar-refractivity contribution in [3.8, 4) is 5.69 Å². The molecule has 0 aliphatic heterocycles. The van der Waals surface area contributed by atoms with Crippen LogP contribution in [-0.2, 0) is 13.1 Å². The molecule has 0 bridgehead atoms. The van der Waals surface area contributed by atoms with Crippen LogP contribution < -0.4 is 10.6 Å². The van der Waals surface area contributed by atoms with Crippen molar-refractivity contribution >= 4 is 5.96 Å². The summed E-state index contributed by atoms with van der Waals surface area (Å²) in [6.45, 7) is 6.86. The van der Waals surface area contributed by atoms with E-state index in [9.17, 15) is 0 Å². The zero-order valence-electron chi connectivity index (χ0n) is 15.4. The Balaban J connectivity index is 1.68. The first-order valence-corrected chi connectivity index (χ1v) is 8.42. The van der Waals surface area contributed by atoms with E-state index in [1.807, 2.05) is 23.7 Å². The molecule has 2 N–H and O–H groups in total. The lowest BCUT2D eigenvalue weighted by Gasteiger charge is -2.14. The normalized spacial score (nSPS) is 11.6. The van der Waals surface area contributed by atoms with Crippen LogP contribution in [0.3, 0.4) is 0 Å². The summed E-state index contributed by atoms with van der Waals surface area (Å²) in [5.41, 5.74) is 4.27. The van der Waals surface area contributed by atoms with Crippen LogP contribution in [0.25, 0.3) is 5.69 Å². The van der Waals surface area contributed by atoms with Gasteiger partial charge >= 0.3 is 0 Å². The van der Waals surface area contributed by atoms with Gasteiger partial charge in [0, 0.05) is 19.3 Å². The summed E-state index contributed by atoms with van der Waals surface area (Å²) in [6, 6.07) is 10.2. The summed E-state index contributed by atoms with van der Waals surface area (Å²) in [5, 5.41) is 14.8. The lowest BCUT2D eigenvalue weighted by molar-refractivity contribution is 0.371. The van der Waals surface area contributed by atoms with Gasteiger partial charge in [-0.15, -0.1) is 0 Å². The molecule has 2 heterocycles. The van der Waals surface area contributed by atoms with Gasteiger partial charge in [-0.25, -0.2) is 4.68 Å². The van der Waals surface area contributed by atoms with Crippen molar-refractivity contribution < 1.29 is 4.52 Å². The van der Waals surface area contributed by atoms with Crippen molar-refractivity contribution in [3.63, 3.8) is 0 Å². The molecule has 2 aromatic heterocycles. The first kappa shape index (κ1) is 17.7. The zero-order chi connectivity index (χ0) is 18.5. The Morgan fingerprint density at radius 3 is 2.58 bits per heavy atom. The molecule has 0 amide bonds. The van der Waals surface area contributed by atoms with Crippen molar-refractivity contribution in [1.29, 1.82) is 0 Å². The number of nitrogens with one attached hydrogen (secondary N) is 2. The molecule has 26 heavy (non-hydrogen) atoms. The molecule has 0 aliphatic carbocycles. The number of para-hydroxylation sites is 1. The number of aryl methyl sites for hydroxylation is 3. The Hall–Kier alpha value is -3.16. The number of hydrogen-bond acceptors (Lipinski definition) is 5. The maximum Gasteiger partial charge on any atom is 0.246 e. The van der Waals surface area contributed by atoms with Crippen LogP contribution in [0, 0.1) is 20.8 Å². The van der Waals surface area contributed by atoms with Crippen LogP contribution in [0.2, 0.25) is 0 Å². The first-order chi connectivity index (χ1) is 12.6. The number of aromatic nitrogens is 4. The maximum absolute atomic E-state index is 5.10. The van der Waals surface area contributed by atoms with Gasteiger partial charge in [0.05, 0.1) is 17.9 Å². The van der Waals surface area contributed by atoms with Crippen molar-refractivity contribution in [2.24, 2.45) is 4.99 Å². The minimum atomic E-state index is 0.416. The van der Waals surface area contributed by atoms with E-state index in [-0.39, 0.29) is 0 Å². The van der Waals surface area contributed by atoms with Crippen molar-refractivity contribution in [2.45, 2.75) is 33.9 Å². The van der Waals surface area contributed by atoms with E-state index in [1.165, 1.54) is 0 Å². The average molecular weight is 353 g/mol. The highest BCUT2D eigenvalue weighted by Gasteiger charge is 2.10. The number of aliphatic imine (C=N–C) groups is 1. The summed E-state index contributed by atoms with van der Waals surface area (Å²) in [7, 11) is 1.72. The van der Waals surface area contributed by atoms with E-state index in [0.29, 0.717) is 30.8 Å². The van der Waals surface area contributed by atoms with Gasteiger partial charge in [-0.2, -0.15) is 10.1 Å². The van der Waals surface area contributed by atoms with Crippen molar-refractivity contribution in [1.82, 2.24) is 30.6 Å². The van der Waals surface area contributed by atoms with Crippen LogP contribution in [0.1, 0.15) is 28.7 Å². The summed E-state index contributed by atoms with van der Waals surface area (Å²) in [4.78, 5) is 8.40. The summed E-state index contributed by atoms with van der Waals surface area (Å²) < 4.78 is 7.06. The van der Waals surface area contributed by atoms with Gasteiger partial charge in [0.25, 0.3) is 0 Å². The molecule has 0 atom stereocenters. The van der Waals surface area contributed by atoms with Gasteiger partial charge in [-0.3, -0.25) is 4.99 Å². The molecule has 3 aromatic rings. The van der Waals surface area contributed by atoms with Gasteiger partial charge in [-0.05, 0) is 38.5 Å². The number of nitrogens with zero attached hydrogens (tertiary/aromatic N) is 5. The molecular weight excluding hydrogens is 330 g/mol. The van der Waals surface area contributed by atoms with E-state index in [2.05, 4.69) is 56.0 Å². The second-order valence-electron chi connectivity index (χ2n) is 5.98. The second-order valence-corrected chi connectivity index (χ2v) is 5.98. The van der Waals surface area contributed by atoms with Crippen molar-refractivity contribution in [3.05, 3.63) is 59.0 Å². The molecule has 8 heteroatoms. The highest BCUT2D eigenvalue weighted by molar-refractivity contribution is 5.79. The predicted octanol–water partition coefficient (Wildman–Crippen LogP) is 2.05. The lowest BCUT2D eigenvalue weighted by atomic mass is 10.1. The monoisotopic (exact) mass is 353 g/mol. The van der Waals surface area contributed by atoms with Crippen LogP contribution in [-0.4, -0.2) is 32.9 Å². The SMILES string of the molecule is CN=C(NCc1nc(C)no1)NCc1ccccc1-n1nc(C)cc1C. The highest BCUT2D eigenvalue weighted by Crippen LogP contribution is 2.16. The molecule has 1 aromatic carbocycles. The van der Waals surface area contributed by atoms with E-state index in [0.717, 1.165) is 22.6 Å². The molecule has 0 saturated carbocycles. The quantitative estimate of drug-likeness (QED) is 0.539. The minimum absolute atomic E-state index is 0.416. The minimum Gasteiger partial charge on any atom is -0.352 e. The van der Waals surface area contributed by atoms with Crippen LogP contribution in [0.5, 0.6) is 0 Å². The van der Waals surface area contributed by atoms with E-state index < -0.39 is 0 Å². The number of hydrogen-bond donors (Lipinski definition) is 2. The van der Waals surface area contributed by atoms with E-state index in [1.54, 1.807) is 14.0 Å². The largest absolute Gasteiger partial charge is 0.352 e. The first-order valence-electron chi connectivity index (χ1n) is 8.42. The van der Waals surface area contributed by atoms with Gasteiger partial charge in [-0.1, -0.05) is 23.4 Å². The zero-order valence-corrected chi connectivity index (χ0v) is 15.4. The van der Waals surface area contributed by atoms with Crippen LogP contribution in [0.15, 0.2) is 39.8 Å². The van der Waals surface area contributed by atoms with Gasteiger partial charge < -0.3 is 15.2 Å². The molecule has 0 unspecified atom stereocenters.